The molecule has 0 aromatic heterocycles. The fraction of sp³-hybridized carbons (Fsp3) is 1.00. The molecule has 4 unspecified atom stereocenters. The molecule has 0 radical (unpaired) electrons. The molecule has 0 bridgehead atoms. The zero-order valence-electron chi connectivity index (χ0n) is 11.5. The molecule has 0 amide bonds. The summed E-state index contributed by atoms with van der Waals surface area (Å²) in [7, 11) is 0. The summed E-state index contributed by atoms with van der Waals surface area (Å²) < 4.78 is 0. The van der Waals surface area contributed by atoms with Gasteiger partial charge in [0.15, 0.2) is 0 Å². The summed E-state index contributed by atoms with van der Waals surface area (Å²) in [4.78, 5) is 0. The number of rotatable bonds is 7. The highest BCUT2D eigenvalue weighted by atomic mass is 14.4. The van der Waals surface area contributed by atoms with Crippen LogP contribution in [0.5, 0.6) is 0 Å². The predicted octanol–water partition coefficient (Wildman–Crippen LogP) is 5.28. The van der Waals surface area contributed by atoms with Crippen molar-refractivity contribution in [3.8, 4) is 0 Å². The molecule has 16 heavy (non-hydrogen) atoms. The van der Waals surface area contributed by atoms with Gasteiger partial charge in [-0.2, -0.15) is 0 Å². The van der Waals surface area contributed by atoms with E-state index in [4.69, 9.17) is 0 Å². The summed E-state index contributed by atoms with van der Waals surface area (Å²) in [6.45, 7) is 7.31. The van der Waals surface area contributed by atoms with E-state index in [0.29, 0.717) is 0 Å². The maximum absolute atomic E-state index is 2.47. The molecule has 2 saturated carbocycles. The van der Waals surface area contributed by atoms with Gasteiger partial charge in [0.2, 0.25) is 0 Å². The highest BCUT2D eigenvalue weighted by molar-refractivity contribution is 4.85. The van der Waals surface area contributed by atoms with Gasteiger partial charge in [-0.25, -0.2) is 0 Å². The lowest BCUT2D eigenvalue weighted by atomic mass is 9.62. The van der Waals surface area contributed by atoms with Crippen molar-refractivity contribution >= 4 is 0 Å². The Morgan fingerprint density at radius 3 is 2.56 bits per heavy atom. The summed E-state index contributed by atoms with van der Waals surface area (Å²) in [6.07, 6.45) is 12.0. The van der Waals surface area contributed by atoms with Gasteiger partial charge in [0.05, 0.1) is 0 Å². The predicted molar refractivity (Wildman–Crippen MR) is 71.4 cm³/mol. The smallest absolute Gasteiger partial charge is 0.0360 e. The van der Waals surface area contributed by atoms with Crippen LogP contribution in [0.1, 0.15) is 72.1 Å². The van der Waals surface area contributed by atoms with E-state index >= 15 is 0 Å². The molecule has 2 rings (SSSR count). The second-order valence-corrected chi connectivity index (χ2v) is 6.76. The zero-order valence-corrected chi connectivity index (χ0v) is 11.5. The highest BCUT2D eigenvalue weighted by Crippen LogP contribution is 2.45. The highest BCUT2D eigenvalue weighted by Gasteiger charge is 2.35. The summed E-state index contributed by atoms with van der Waals surface area (Å²) >= 11 is 0. The maximum atomic E-state index is 2.47. The lowest BCUT2D eigenvalue weighted by molar-refractivity contribution is 0.0703. The van der Waals surface area contributed by atoms with Crippen LogP contribution in [-0.2, 0) is 0 Å². The third-order valence-electron chi connectivity index (χ3n) is 5.20. The molecular formula is C16H30. The van der Waals surface area contributed by atoms with Crippen LogP contribution in [0.3, 0.4) is 0 Å². The molecule has 0 aliphatic heterocycles. The Kier molecular flexibility index (Phi) is 4.33. The zero-order chi connectivity index (χ0) is 11.5. The Morgan fingerprint density at radius 2 is 2.00 bits per heavy atom. The van der Waals surface area contributed by atoms with E-state index in [2.05, 4.69) is 20.8 Å². The van der Waals surface area contributed by atoms with E-state index in [9.17, 15) is 0 Å². The van der Waals surface area contributed by atoms with Gasteiger partial charge in [0, 0.05) is 0 Å². The normalized spacial score (nSPS) is 35.8. The SMILES string of the molecule is CCC1CC(C)C1CCCC(C)CC1CC1. The standard InChI is InChI=1S/C16H30/c1-4-15-11-13(3)16(15)7-5-6-12(2)10-14-8-9-14/h12-16H,4-11H2,1-3H3. The average molecular weight is 222 g/mol. The molecule has 0 saturated heterocycles. The minimum absolute atomic E-state index is 1.00. The molecule has 0 spiro atoms. The largest absolute Gasteiger partial charge is 0.0651 e. The van der Waals surface area contributed by atoms with Crippen molar-refractivity contribution in [2.24, 2.45) is 29.6 Å². The van der Waals surface area contributed by atoms with Gasteiger partial charge in [-0.15, -0.1) is 0 Å². The second-order valence-electron chi connectivity index (χ2n) is 6.76. The van der Waals surface area contributed by atoms with Crippen molar-refractivity contribution in [3.05, 3.63) is 0 Å². The molecular weight excluding hydrogens is 192 g/mol. The van der Waals surface area contributed by atoms with Crippen molar-refractivity contribution in [2.45, 2.75) is 72.1 Å². The Labute approximate surface area is 102 Å². The first-order valence-electron chi connectivity index (χ1n) is 7.70. The Morgan fingerprint density at radius 1 is 1.25 bits per heavy atom. The van der Waals surface area contributed by atoms with E-state index < -0.39 is 0 Å². The van der Waals surface area contributed by atoms with Crippen molar-refractivity contribution in [3.63, 3.8) is 0 Å². The molecule has 2 fully saturated rings. The van der Waals surface area contributed by atoms with Crippen LogP contribution < -0.4 is 0 Å². The van der Waals surface area contributed by atoms with Gasteiger partial charge in [-0.1, -0.05) is 52.9 Å². The third kappa shape index (κ3) is 3.25. The molecule has 4 atom stereocenters. The van der Waals surface area contributed by atoms with Gasteiger partial charge in [-0.3, -0.25) is 0 Å². The fourth-order valence-electron chi connectivity index (χ4n) is 3.83. The van der Waals surface area contributed by atoms with Crippen molar-refractivity contribution in [1.29, 1.82) is 0 Å². The molecule has 0 heteroatoms. The summed E-state index contributed by atoms with van der Waals surface area (Å²) in [6, 6.07) is 0. The first kappa shape index (κ1) is 12.5. The fourth-order valence-corrected chi connectivity index (χ4v) is 3.83. The van der Waals surface area contributed by atoms with Crippen LogP contribution in [0.2, 0.25) is 0 Å². The molecule has 0 aromatic rings. The lowest BCUT2D eigenvalue weighted by Crippen LogP contribution is -2.34. The van der Waals surface area contributed by atoms with Crippen LogP contribution in [0.4, 0.5) is 0 Å². The molecule has 2 aliphatic carbocycles. The summed E-state index contributed by atoms with van der Waals surface area (Å²) in [5.74, 6) is 5.32. The van der Waals surface area contributed by atoms with Crippen LogP contribution in [-0.4, -0.2) is 0 Å². The average Bonchev–Trinajstić information content (AvgIpc) is 3.04. The molecule has 94 valence electrons. The van der Waals surface area contributed by atoms with Crippen LogP contribution in [0.25, 0.3) is 0 Å². The van der Waals surface area contributed by atoms with Crippen LogP contribution in [0.15, 0.2) is 0 Å². The van der Waals surface area contributed by atoms with E-state index in [1.165, 1.54) is 51.4 Å². The first-order chi connectivity index (χ1) is 7.70. The Bertz CT molecular complexity index is 204. The molecule has 2 aliphatic rings. The lowest BCUT2D eigenvalue weighted by Gasteiger charge is -2.43. The quantitative estimate of drug-likeness (QED) is 0.550. The molecule has 0 nitrogen and oxygen atoms in total. The number of hydrogen-bond donors (Lipinski definition) is 0. The summed E-state index contributed by atoms with van der Waals surface area (Å²) in [5, 5.41) is 0. The van der Waals surface area contributed by atoms with Gasteiger partial charge in [0.1, 0.15) is 0 Å². The van der Waals surface area contributed by atoms with Crippen molar-refractivity contribution in [1.82, 2.24) is 0 Å². The molecule has 0 aromatic carbocycles. The van der Waals surface area contributed by atoms with E-state index in [-0.39, 0.29) is 0 Å². The van der Waals surface area contributed by atoms with E-state index in [1.807, 2.05) is 0 Å². The van der Waals surface area contributed by atoms with Crippen molar-refractivity contribution in [2.75, 3.05) is 0 Å². The molecule has 0 N–H and O–H groups in total. The second kappa shape index (κ2) is 5.56. The topological polar surface area (TPSA) is 0 Å². The molecule has 0 heterocycles. The van der Waals surface area contributed by atoms with Crippen LogP contribution in [0, 0.1) is 29.6 Å². The Hall–Kier alpha value is 0. The van der Waals surface area contributed by atoms with Gasteiger partial charge < -0.3 is 0 Å². The van der Waals surface area contributed by atoms with E-state index in [0.717, 1.165) is 29.6 Å². The van der Waals surface area contributed by atoms with Crippen molar-refractivity contribution < 1.29 is 0 Å². The van der Waals surface area contributed by atoms with E-state index in [1.54, 1.807) is 0 Å². The van der Waals surface area contributed by atoms with Gasteiger partial charge in [0.25, 0.3) is 0 Å². The Balaban J connectivity index is 1.56. The third-order valence-corrected chi connectivity index (χ3v) is 5.20. The van der Waals surface area contributed by atoms with Gasteiger partial charge in [-0.05, 0) is 48.9 Å². The monoisotopic (exact) mass is 222 g/mol. The summed E-state index contributed by atoms with van der Waals surface area (Å²) in [5.41, 5.74) is 0. The minimum Gasteiger partial charge on any atom is -0.0651 e. The first-order valence-corrected chi connectivity index (χ1v) is 7.70. The van der Waals surface area contributed by atoms with Gasteiger partial charge >= 0.3 is 0 Å². The number of hydrogen-bond acceptors (Lipinski definition) is 0. The maximum Gasteiger partial charge on any atom is -0.0360 e. The van der Waals surface area contributed by atoms with Crippen LogP contribution >= 0.6 is 0 Å². The minimum atomic E-state index is 1.00.